The van der Waals surface area contributed by atoms with Gasteiger partial charge in [0.15, 0.2) is 0 Å². The van der Waals surface area contributed by atoms with E-state index in [1.54, 1.807) is 15.3 Å². The van der Waals surface area contributed by atoms with Gasteiger partial charge in [-0.15, -0.1) is 0 Å². The van der Waals surface area contributed by atoms with E-state index in [-0.39, 0.29) is 0 Å². The van der Waals surface area contributed by atoms with Crippen LogP contribution in [-0.2, 0) is 0 Å². The zero-order chi connectivity index (χ0) is 9.12. The third-order valence-electron chi connectivity index (χ3n) is 1.85. The molecular weight excluding hydrogens is 346 g/mol. The van der Waals surface area contributed by atoms with Crippen molar-refractivity contribution in [1.29, 1.82) is 0 Å². The van der Waals surface area contributed by atoms with E-state index in [2.05, 4.69) is 29.6 Å². The van der Waals surface area contributed by atoms with Gasteiger partial charge >= 0.3 is 81.7 Å². The molecule has 0 aromatic carbocycles. The van der Waals surface area contributed by atoms with Crippen LogP contribution >= 0.6 is 0 Å². The Hall–Kier alpha value is 1.60. The Labute approximate surface area is 80.9 Å². The van der Waals surface area contributed by atoms with E-state index in [4.69, 9.17) is 0 Å². The summed E-state index contributed by atoms with van der Waals surface area (Å²) in [6, 6.07) is 0. The molecule has 0 heterocycles. The van der Waals surface area contributed by atoms with Gasteiger partial charge < -0.3 is 0 Å². The van der Waals surface area contributed by atoms with Crippen LogP contribution in [0.3, 0.4) is 0 Å². The van der Waals surface area contributed by atoms with Gasteiger partial charge in [0.2, 0.25) is 0 Å². The molecule has 68 valence electrons. The molecule has 0 bridgehead atoms. The number of hydrogen-bond donors (Lipinski definition) is 0. The molecule has 0 saturated carbocycles. The first-order valence-corrected chi connectivity index (χ1v) is 25.9. The van der Waals surface area contributed by atoms with Gasteiger partial charge in [-0.25, -0.2) is 0 Å². The third kappa shape index (κ3) is 11.6. The summed E-state index contributed by atoms with van der Waals surface area (Å²) >= 11 is -2.75. The molecule has 0 spiro atoms. The molecule has 0 rings (SSSR count). The predicted molar refractivity (Wildman–Crippen MR) is 60.9 cm³/mol. The quantitative estimate of drug-likeness (QED) is 0.656. The van der Waals surface area contributed by atoms with Crippen LogP contribution in [0.25, 0.3) is 0 Å². The summed E-state index contributed by atoms with van der Waals surface area (Å²) in [5.41, 5.74) is 0. The fourth-order valence-corrected chi connectivity index (χ4v) is 11.1. The minimum absolute atomic E-state index is 1.38. The van der Waals surface area contributed by atoms with E-state index in [0.717, 1.165) is 0 Å². The average molecular weight is 370 g/mol. The molecule has 0 aliphatic carbocycles. The second-order valence-corrected chi connectivity index (χ2v) is 38.1. The summed E-state index contributed by atoms with van der Waals surface area (Å²) in [4.78, 5) is 15.3. The van der Waals surface area contributed by atoms with E-state index in [0.29, 0.717) is 0 Å². The fraction of sp³-hybridized carbons (Fsp3) is 1.00. The van der Waals surface area contributed by atoms with Crippen LogP contribution in [0.15, 0.2) is 0 Å². The first-order chi connectivity index (χ1) is 4.71. The van der Waals surface area contributed by atoms with Gasteiger partial charge in [-0.1, -0.05) is 0 Å². The zero-order valence-corrected chi connectivity index (χ0v) is 14.8. The molecule has 0 radical (unpaired) electrons. The van der Waals surface area contributed by atoms with Gasteiger partial charge in [-0.05, 0) is 0 Å². The Bertz CT molecular complexity index is 91.7. The van der Waals surface area contributed by atoms with Gasteiger partial charge in [-0.3, -0.25) is 0 Å². The van der Waals surface area contributed by atoms with Gasteiger partial charge in [0.25, 0.3) is 0 Å². The molecular formula is C9H24Sn2. The predicted octanol–water partition coefficient (Wildman–Crippen LogP) is 4.05. The van der Waals surface area contributed by atoms with Crippen molar-refractivity contribution in [3.05, 3.63) is 0 Å². The summed E-state index contributed by atoms with van der Waals surface area (Å²) in [5, 5.41) is 0. The van der Waals surface area contributed by atoms with Crippen molar-refractivity contribution < 1.29 is 0 Å². The van der Waals surface area contributed by atoms with Crippen molar-refractivity contribution in [1.82, 2.24) is 0 Å². The molecule has 0 amide bonds. The Morgan fingerprint density at radius 1 is 0.636 bits per heavy atom. The van der Waals surface area contributed by atoms with Crippen LogP contribution in [0, 0.1) is 0 Å². The summed E-state index contributed by atoms with van der Waals surface area (Å²) in [6.45, 7) is 0. The summed E-state index contributed by atoms with van der Waals surface area (Å²) in [6.07, 6.45) is 1.55. The Morgan fingerprint density at radius 2 is 0.909 bits per heavy atom. The normalized spacial score (nSPS) is 13.6. The van der Waals surface area contributed by atoms with E-state index in [9.17, 15) is 0 Å². The summed E-state index contributed by atoms with van der Waals surface area (Å²) < 4.78 is 3.23. The summed E-state index contributed by atoms with van der Waals surface area (Å²) in [7, 11) is 0. The van der Waals surface area contributed by atoms with Gasteiger partial charge in [0.1, 0.15) is 0 Å². The van der Waals surface area contributed by atoms with E-state index in [1.165, 1.54) is 0 Å². The van der Waals surface area contributed by atoms with Crippen LogP contribution in [0.2, 0.25) is 38.5 Å². The van der Waals surface area contributed by atoms with Crippen molar-refractivity contribution in [2.75, 3.05) is 0 Å². The van der Waals surface area contributed by atoms with E-state index < -0.39 is 36.8 Å². The second kappa shape index (κ2) is 4.73. The fourth-order valence-electron chi connectivity index (χ4n) is 1.15. The zero-order valence-electron chi connectivity index (χ0n) is 9.12. The number of hydrogen-bond acceptors (Lipinski definition) is 0. The van der Waals surface area contributed by atoms with E-state index >= 15 is 0 Å². The molecule has 11 heavy (non-hydrogen) atoms. The second-order valence-electron chi connectivity index (χ2n) is 5.97. The molecule has 0 N–H and O–H groups in total. The molecule has 0 aliphatic heterocycles. The molecule has 0 fully saturated rings. The van der Waals surface area contributed by atoms with Crippen LogP contribution in [0.5, 0.6) is 0 Å². The molecule has 0 aromatic rings. The molecule has 0 saturated heterocycles. The first kappa shape index (κ1) is 12.6. The monoisotopic (exact) mass is 372 g/mol. The maximum absolute atomic E-state index is 2.55. The molecule has 0 nitrogen and oxygen atoms in total. The van der Waals surface area contributed by atoms with Crippen LogP contribution in [0.4, 0.5) is 0 Å². The average Bonchev–Trinajstić information content (AvgIpc) is 1.55. The maximum atomic E-state index is 2.55. The molecule has 0 aliphatic rings. The standard InChI is InChI=1S/C3H6.6CH3.2Sn/c1-3-2;;;;;;;;/h1-3H2;6*1H3;;. The molecule has 0 atom stereocenters. The SMILES string of the molecule is [CH3][Sn]([CH3])([CH3])[CH2]C[CH2][Sn]([CH3])([CH3])[CH3]. The van der Waals surface area contributed by atoms with Gasteiger partial charge in [0.05, 0.1) is 0 Å². The van der Waals surface area contributed by atoms with Crippen LogP contribution in [-0.4, -0.2) is 36.8 Å². The molecule has 0 unspecified atom stereocenters. The van der Waals surface area contributed by atoms with Crippen LogP contribution < -0.4 is 0 Å². The Kier molecular flexibility index (Phi) is 5.41. The first-order valence-electron chi connectivity index (χ1n) is 4.71. The topological polar surface area (TPSA) is 0 Å². The van der Waals surface area contributed by atoms with Crippen molar-refractivity contribution in [3.63, 3.8) is 0 Å². The van der Waals surface area contributed by atoms with Crippen molar-refractivity contribution >= 4 is 36.8 Å². The molecule has 0 aromatic heterocycles. The van der Waals surface area contributed by atoms with Gasteiger partial charge in [-0.2, -0.15) is 0 Å². The van der Waals surface area contributed by atoms with Crippen molar-refractivity contribution in [3.8, 4) is 0 Å². The Morgan fingerprint density at radius 3 is 1.09 bits per heavy atom. The van der Waals surface area contributed by atoms with Crippen molar-refractivity contribution in [2.24, 2.45) is 0 Å². The Balaban J connectivity index is 3.44. The third-order valence-corrected chi connectivity index (χ3v) is 12.4. The van der Waals surface area contributed by atoms with Gasteiger partial charge in [0, 0.05) is 0 Å². The summed E-state index contributed by atoms with van der Waals surface area (Å²) in [5.74, 6) is 0. The number of rotatable bonds is 4. The molecule has 2 heteroatoms. The van der Waals surface area contributed by atoms with E-state index in [1.807, 2.05) is 0 Å². The minimum atomic E-state index is -1.38. The van der Waals surface area contributed by atoms with Crippen LogP contribution in [0.1, 0.15) is 6.42 Å². The van der Waals surface area contributed by atoms with Crippen molar-refractivity contribution in [2.45, 2.75) is 44.9 Å².